The average molecular weight is 298 g/mol. The molecule has 102 valence electrons. The fraction of sp³-hybridized carbons (Fsp3) is 0.273. The Hall–Kier alpha value is -1.35. The highest BCUT2D eigenvalue weighted by Crippen LogP contribution is 2.17. The predicted molar refractivity (Wildman–Crippen MR) is 73.0 cm³/mol. The zero-order valence-electron chi connectivity index (χ0n) is 10.3. The summed E-state index contributed by atoms with van der Waals surface area (Å²) in [4.78, 5) is 7.98. The Labute approximate surface area is 115 Å². The molecule has 1 atom stereocenters. The maximum Gasteiger partial charge on any atom is 0.258 e. The molecule has 0 spiro atoms. The van der Waals surface area contributed by atoms with Gasteiger partial charge in [-0.05, 0) is 18.6 Å². The van der Waals surface area contributed by atoms with Crippen LogP contribution in [-0.4, -0.2) is 18.4 Å². The lowest BCUT2D eigenvalue weighted by Crippen LogP contribution is -2.27. The first-order valence-electron chi connectivity index (χ1n) is 5.59. The smallest absolute Gasteiger partial charge is 0.258 e. The lowest BCUT2D eigenvalue weighted by atomic mass is 10.3. The molecule has 0 aliphatic carbocycles. The minimum absolute atomic E-state index is 0.0203. The molecule has 0 amide bonds. The first-order chi connectivity index (χ1) is 9.03. The van der Waals surface area contributed by atoms with Crippen molar-refractivity contribution in [1.29, 1.82) is 0 Å². The number of pyridine rings is 1. The normalized spacial score (nSPS) is 13.4. The van der Waals surface area contributed by atoms with E-state index in [0.717, 1.165) is 5.56 Å². The molecule has 0 aliphatic rings. The van der Waals surface area contributed by atoms with Gasteiger partial charge < -0.3 is 5.73 Å². The molecule has 0 bridgehead atoms. The highest BCUT2D eigenvalue weighted by Gasteiger charge is 2.20. The number of aromatic nitrogens is 2. The molecule has 0 saturated heterocycles. The van der Waals surface area contributed by atoms with E-state index in [9.17, 15) is 8.42 Å². The van der Waals surface area contributed by atoms with Crippen LogP contribution in [0.25, 0.3) is 0 Å². The first kappa shape index (κ1) is 14.1. The molecule has 19 heavy (non-hydrogen) atoms. The summed E-state index contributed by atoms with van der Waals surface area (Å²) in [5.74, 6) is 0. The number of rotatable bonds is 5. The first-order valence-corrected chi connectivity index (χ1v) is 7.96. The van der Waals surface area contributed by atoms with E-state index in [4.69, 9.17) is 5.73 Å². The summed E-state index contributed by atoms with van der Waals surface area (Å²) in [6.45, 7) is 2.07. The molecule has 0 saturated carbocycles. The Morgan fingerprint density at radius 1 is 1.42 bits per heavy atom. The third kappa shape index (κ3) is 3.35. The van der Waals surface area contributed by atoms with Gasteiger partial charge in [-0.25, -0.2) is 23.1 Å². The van der Waals surface area contributed by atoms with Crippen LogP contribution in [-0.2, 0) is 16.6 Å². The highest BCUT2D eigenvalue weighted by atomic mass is 32.2. The van der Waals surface area contributed by atoms with Gasteiger partial charge in [0, 0.05) is 24.3 Å². The van der Waals surface area contributed by atoms with Crippen molar-refractivity contribution in [1.82, 2.24) is 14.7 Å². The molecule has 2 aromatic rings. The zero-order chi connectivity index (χ0) is 13.9. The van der Waals surface area contributed by atoms with Gasteiger partial charge in [0.2, 0.25) is 0 Å². The molecule has 8 heteroatoms. The Morgan fingerprint density at radius 2 is 2.21 bits per heavy atom. The van der Waals surface area contributed by atoms with Gasteiger partial charge in [0.1, 0.15) is 5.01 Å². The summed E-state index contributed by atoms with van der Waals surface area (Å²) in [5.41, 5.74) is 6.23. The van der Waals surface area contributed by atoms with Crippen LogP contribution in [0.4, 0.5) is 0 Å². The highest BCUT2D eigenvalue weighted by molar-refractivity contribution is 7.89. The van der Waals surface area contributed by atoms with Crippen molar-refractivity contribution in [2.24, 2.45) is 5.73 Å². The Balaban J connectivity index is 2.17. The largest absolute Gasteiger partial charge is 0.326 e. The number of sulfonamides is 1. The van der Waals surface area contributed by atoms with Crippen LogP contribution in [0.3, 0.4) is 0 Å². The van der Waals surface area contributed by atoms with Gasteiger partial charge in [0.15, 0.2) is 5.03 Å². The molecular formula is C11H14N4O2S2. The van der Waals surface area contributed by atoms with Crippen molar-refractivity contribution in [3.63, 3.8) is 0 Å². The molecule has 1 unspecified atom stereocenters. The van der Waals surface area contributed by atoms with E-state index in [0.29, 0.717) is 11.6 Å². The van der Waals surface area contributed by atoms with Crippen LogP contribution < -0.4 is 10.5 Å². The summed E-state index contributed by atoms with van der Waals surface area (Å²) in [6.07, 6.45) is 3.10. The minimum Gasteiger partial charge on any atom is -0.326 e. The molecule has 0 radical (unpaired) electrons. The second-order valence-corrected chi connectivity index (χ2v) is 6.51. The topological polar surface area (TPSA) is 98.0 Å². The van der Waals surface area contributed by atoms with Crippen molar-refractivity contribution in [3.8, 4) is 0 Å². The van der Waals surface area contributed by atoms with Crippen LogP contribution in [0.1, 0.15) is 23.5 Å². The van der Waals surface area contributed by atoms with E-state index in [1.807, 2.05) is 0 Å². The third-order valence-electron chi connectivity index (χ3n) is 2.46. The molecule has 6 nitrogen and oxygen atoms in total. The molecule has 0 aromatic carbocycles. The van der Waals surface area contributed by atoms with Gasteiger partial charge in [-0.1, -0.05) is 6.07 Å². The number of hydrogen-bond donors (Lipinski definition) is 2. The molecule has 0 fully saturated rings. The summed E-state index contributed by atoms with van der Waals surface area (Å²) in [7, 11) is -3.65. The molecular weight excluding hydrogens is 284 g/mol. The van der Waals surface area contributed by atoms with Crippen LogP contribution in [0.2, 0.25) is 0 Å². The van der Waals surface area contributed by atoms with Crippen LogP contribution in [0.15, 0.2) is 34.9 Å². The third-order valence-corrected chi connectivity index (χ3v) is 4.88. The maximum absolute atomic E-state index is 12.1. The fourth-order valence-electron chi connectivity index (χ4n) is 1.48. The number of hydrogen-bond acceptors (Lipinski definition) is 6. The Bertz CT molecular complexity index is 623. The monoisotopic (exact) mass is 298 g/mol. The SMILES string of the molecule is CC(NS(=O)(=O)c1ccc(CN)cn1)c1nccs1. The zero-order valence-corrected chi connectivity index (χ0v) is 11.9. The second kappa shape index (κ2) is 5.74. The second-order valence-electron chi connectivity index (χ2n) is 3.92. The van der Waals surface area contributed by atoms with E-state index in [-0.39, 0.29) is 11.1 Å². The van der Waals surface area contributed by atoms with Gasteiger partial charge in [-0.15, -0.1) is 11.3 Å². The van der Waals surface area contributed by atoms with Crippen molar-refractivity contribution in [3.05, 3.63) is 40.5 Å². The average Bonchev–Trinajstić information content (AvgIpc) is 2.92. The molecule has 2 aromatic heterocycles. The number of thiazole rings is 1. The van der Waals surface area contributed by atoms with E-state index >= 15 is 0 Å². The lowest BCUT2D eigenvalue weighted by Gasteiger charge is -2.11. The Kier molecular flexibility index (Phi) is 4.25. The van der Waals surface area contributed by atoms with E-state index < -0.39 is 10.0 Å². The van der Waals surface area contributed by atoms with Gasteiger partial charge >= 0.3 is 0 Å². The summed E-state index contributed by atoms with van der Waals surface area (Å²) in [5, 5.41) is 2.49. The maximum atomic E-state index is 12.1. The lowest BCUT2D eigenvalue weighted by molar-refractivity contribution is 0.562. The molecule has 3 N–H and O–H groups in total. The van der Waals surface area contributed by atoms with Gasteiger partial charge in [-0.3, -0.25) is 0 Å². The summed E-state index contributed by atoms with van der Waals surface area (Å²) < 4.78 is 26.8. The minimum atomic E-state index is -3.65. The predicted octanol–water partition coefficient (Wildman–Crippen LogP) is 1.04. The molecule has 0 aliphatic heterocycles. The van der Waals surface area contributed by atoms with Gasteiger partial charge in [0.25, 0.3) is 10.0 Å². The van der Waals surface area contributed by atoms with Crippen LogP contribution in [0, 0.1) is 0 Å². The fourth-order valence-corrected chi connectivity index (χ4v) is 3.34. The number of nitrogens with one attached hydrogen (secondary N) is 1. The van der Waals surface area contributed by atoms with Gasteiger partial charge in [0.05, 0.1) is 6.04 Å². The number of nitrogens with two attached hydrogens (primary N) is 1. The summed E-state index contributed by atoms with van der Waals surface area (Å²) >= 11 is 1.40. The van der Waals surface area contributed by atoms with Crippen molar-refractivity contribution >= 4 is 21.4 Å². The summed E-state index contributed by atoms with van der Waals surface area (Å²) in [6, 6.07) is 2.70. The van der Waals surface area contributed by atoms with Crippen molar-refractivity contribution in [2.75, 3.05) is 0 Å². The molecule has 2 rings (SSSR count). The quantitative estimate of drug-likeness (QED) is 0.859. The van der Waals surface area contributed by atoms with E-state index in [1.165, 1.54) is 23.6 Å². The van der Waals surface area contributed by atoms with Gasteiger partial charge in [-0.2, -0.15) is 0 Å². The Morgan fingerprint density at radius 3 is 2.74 bits per heavy atom. The van der Waals surface area contributed by atoms with Crippen molar-refractivity contribution < 1.29 is 8.42 Å². The number of nitrogens with zero attached hydrogens (tertiary/aromatic N) is 2. The van der Waals surface area contributed by atoms with E-state index in [2.05, 4.69) is 14.7 Å². The van der Waals surface area contributed by atoms with Crippen LogP contribution in [0.5, 0.6) is 0 Å². The van der Waals surface area contributed by atoms with Crippen LogP contribution >= 0.6 is 11.3 Å². The van der Waals surface area contributed by atoms with E-state index in [1.54, 1.807) is 24.6 Å². The van der Waals surface area contributed by atoms with Crippen molar-refractivity contribution in [2.45, 2.75) is 24.5 Å². The standard InChI is InChI=1S/C11H14N4O2S2/c1-8(11-13-4-5-18-11)15-19(16,17)10-3-2-9(6-12)7-14-10/h2-5,7-8,15H,6,12H2,1H3. The molecule has 2 heterocycles.